The number of para-hydroxylation sites is 1. The molecule has 0 atom stereocenters. The van der Waals surface area contributed by atoms with Crippen molar-refractivity contribution in [1.29, 1.82) is 0 Å². The molecule has 0 aromatic heterocycles. The van der Waals surface area contributed by atoms with Gasteiger partial charge in [0.25, 0.3) is 11.1 Å². The van der Waals surface area contributed by atoms with Crippen LogP contribution in [0, 0.1) is 13.8 Å². The predicted octanol–water partition coefficient (Wildman–Crippen LogP) is 4.53. The molecule has 1 N–H and O–H groups in total. The molecule has 0 spiro atoms. The molecule has 0 radical (unpaired) electrons. The number of carbonyl (C=O) groups is 3. The molecule has 1 heterocycles. The third-order valence-electron chi connectivity index (χ3n) is 4.26. The SMILES string of the molecule is Cc1cccc(C)c1NC(=O)CN1C(=O)S/C(=C/C=C\c2ccccc2)C1=O. The van der Waals surface area contributed by atoms with Crippen molar-refractivity contribution in [2.75, 3.05) is 11.9 Å². The Kier molecular flexibility index (Phi) is 6.11. The van der Waals surface area contributed by atoms with Crippen LogP contribution in [0.25, 0.3) is 6.08 Å². The number of allylic oxidation sites excluding steroid dienone is 2. The van der Waals surface area contributed by atoms with Crippen molar-refractivity contribution in [3.05, 3.63) is 82.3 Å². The van der Waals surface area contributed by atoms with Crippen LogP contribution in [0.2, 0.25) is 0 Å². The molecular weight excluding hydrogens is 372 g/mol. The van der Waals surface area contributed by atoms with Crippen LogP contribution in [-0.4, -0.2) is 28.5 Å². The second kappa shape index (κ2) is 8.71. The number of thioether (sulfide) groups is 1. The van der Waals surface area contributed by atoms with Crippen LogP contribution in [0.1, 0.15) is 16.7 Å². The summed E-state index contributed by atoms with van der Waals surface area (Å²) in [6.07, 6.45) is 5.17. The molecule has 0 bridgehead atoms. The fourth-order valence-corrected chi connectivity index (χ4v) is 3.59. The van der Waals surface area contributed by atoms with Crippen molar-refractivity contribution in [2.24, 2.45) is 0 Å². The summed E-state index contributed by atoms with van der Waals surface area (Å²) in [5, 5.41) is 2.35. The Bertz CT molecular complexity index is 960. The van der Waals surface area contributed by atoms with Crippen molar-refractivity contribution in [3.8, 4) is 0 Å². The Balaban J connectivity index is 1.66. The summed E-state index contributed by atoms with van der Waals surface area (Å²) in [6.45, 7) is 3.48. The lowest BCUT2D eigenvalue weighted by atomic mass is 10.1. The predicted molar refractivity (Wildman–Crippen MR) is 113 cm³/mol. The van der Waals surface area contributed by atoms with Crippen molar-refractivity contribution in [2.45, 2.75) is 13.8 Å². The zero-order chi connectivity index (χ0) is 20.1. The Hall–Kier alpha value is -3.12. The van der Waals surface area contributed by atoms with E-state index < -0.39 is 17.1 Å². The van der Waals surface area contributed by atoms with Crippen LogP contribution < -0.4 is 5.32 Å². The fraction of sp³-hybridized carbons (Fsp3) is 0.136. The molecule has 6 heteroatoms. The molecular formula is C22H20N2O3S. The molecule has 0 unspecified atom stereocenters. The molecule has 2 aromatic carbocycles. The van der Waals surface area contributed by atoms with Crippen LogP contribution in [0.4, 0.5) is 10.5 Å². The van der Waals surface area contributed by atoms with Gasteiger partial charge in [-0.2, -0.15) is 0 Å². The molecule has 2 aromatic rings. The zero-order valence-electron chi connectivity index (χ0n) is 15.6. The van der Waals surface area contributed by atoms with Gasteiger partial charge in [-0.25, -0.2) is 0 Å². The summed E-state index contributed by atoms with van der Waals surface area (Å²) in [4.78, 5) is 38.3. The van der Waals surface area contributed by atoms with E-state index in [-0.39, 0.29) is 6.54 Å². The van der Waals surface area contributed by atoms with Crippen LogP contribution >= 0.6 is 11.8 Å². The number of anilines is 1. The molecule has 1 aliphatic rings. The van der Waals surface area contributed by atoms with Gasteiger partial charge >= 0.3 is 0 Å². The highest BCUT2D eigenvalue weighted by Crippen LogP contribution is 2.30. The van der Waals surface area contributed by atoms with Gasteiger partial charge in [0.05, 0.1) is 4.91 Å². The van der Waals surface area contributed by atoms with E-state index in [1.54, 1.807) is 12.2 Å². The van der Waals surface area contributed by atoms with E-state index in [2.05, 4.69) is 5.32 Å². The standard InChI is InChI=1S/C22H20N2O3S/c1-15-8-6-9-16(2)20(15)23-19(25)14-24-21(26)18(28-22(24)27)13-7-12-17-10-4-3-5-11-17/h3-13H,14H2,1-2H3,(H,23,25)/b12-7-,18-13+. The first-order valence-corrected chi connectivity index (χ1v) is 9.60. The van der Waals surface area contributed by atoms with Crippen molar-refractivity contribution in [3.63, 3.8) is 0 Å². The maximum absolute atomic E-state index is 12.5. The van der Waals surface area contributed by atoms with E-state index in [4.69, 9.17) is 0 Å². The average Bonchev–Trinajstić information content (AvgIpc) is 2.93. The molecule has 1 saturated heterocycles. The van der Waals surface area contributed by atoms with E-state index in [1.165, 1.54) is 0 Å². The molecule has 28 heavy (non-hydrogen) atoms. The lowest BCUT2D eigenvalue weighted by Crippen LogP contribution is -2.36. The summed E-state index contributed by atoms with van der Waals surface area (Å²) in [5.74, 6) is -0.856. The van der Waals surface area contributed by atoms with Crippen molar-refractivity contribution in [1.82, 2.24) is 4.90 Å². The summed E-state index contributed by atoms with van der Waals surface area (Å²) in [6, 6.07) is 15.3. The lowest BCUT2D eigenvalue weighted by Gasteiger charge is -2.15. The first-order chi connectivity index (χ1) is 13.5. The minimum atomic E-state index is -0.454. The van der Waals surface area contributed by atoms with Gasteiger partial charge in [0.15, 0.2) is 0 Å². The molecule has 3 amide bonds. The van der Waals surface area contributed by atoms with Gasteiger partial charge in [-0.15, -0.1) is 0 Å². The maximum atomic E-state index is 12.5. The topological polar surface area (TPSA) is 66.5 Å². The molecule has 0 aliphatic carbocycles. The highest BCUT2D eigenvalue weighted by atomic mass is 32.2. The van der Waals surface area contributed by atoms with E-state index in [0.717, 1.165) is 33.4 Å². The number of nitrogens with one attached hydrogen (secondary N) is 1. The van der Waals surface area contributed by atoms with Gasteiger partial charge in [-0.05, 0) is 48.4 Å². The molecule has 1 aliphatic heterocycles. The minimum Gasteiger partial charge on any atom is -0.324 e. The average molecular weight is 392 g/mol. The van der Waals surface area contributed by atoms with E-state index >= 15 is 0 Å². The number of aryl methyl sites for hydroxylation is 2. The number of hydrogen-bond acceptors (Lipinski definition) is 4. The fourth-order valence-electron chi connectivity index (χ4n) is 2.80. The summed E-state index contributed by atoms with van der Waals surface area (Å²) < 4.78 is 0. The molecule has 1 fully saturated rings. The van der Waals surface area contributed by atoms with E-state index in [1.807, 2.05) is 68.5 Å². The Labute approximate surface area is 168 Å². The zero-order valence-corrected chi connectivity index (χ0v) is 16.5. The van der Waals surface area contributed by atoms with Crippen LogP contribution in [0.3, 0.4) is 0 Å². The van der Waals surface area contributed by atoms with Crippen molar-refractivity contribution >= 4 is 40.6 Å². The molecule has 0 saturated carbocycles. The number of benzene rings is 2. The Morgan fingerprint density at radius 2 is 1.71 bits per heavy atom. The quantitative estimate of drug-likeness (QED) is 0.759. The van der Waals surface area contributed by atoms with Gasteiger partial charge in [-0.3, -0.25) is 19.3 Å². The van der Waals surface area contributed by atoms with Crippen LogP contribution in [0.5, 0.6) is 0 Å². The number of imide groups is 1. The first-order valence-electron chi connectivity index (χ1n) is 8.79. The second-order valence-electron chi connectivity index (χ2n) is 6.37. The Morgan fingerprint density at radius 1 is 1.04 bits per heavy atom. The number of carbonyl (C=O) groups excluding carboxylic acids is 3. The Morgan fingerprint density at radius 3 is 2.39 bits per heavy atom. The monoisotopic (exact) mass is 392 g/mol. The number of amides is 3. The maximum Gasteiger partial charge on any atom is 0.294 e. The van der Waals surface area contributed by atoms with Gasteiger partial charge in [0.1, 0.15) is 6.54 Å². The normalized spacial score (nSPS) is 15.6. The third-order valence-corrected chi connectivity index (χ3v) is 5.18. The van der Waals surface area contributed by atoms with Crippen molar-refractivity contribution < 1.29 is 14.4 Å². The number of hydrogen-bond donors (Lipinski definition) is 1. The van der Waals surface area contributed by atoms with Gasteiger partial charge in [0, 0.05) is 5.69 Å². The lowest BCUT2D eigenvalue weighted by molar-refractivity contribution is -0.127. The van der Waals surface area contributed by atoms with Crippen LogP contribution in [0.15, 0.2) is 65.6 Å². The second-order valence-corrected chi connectivity index (χ2v) is 7.37. The van der Waals surface area contributed by atoms with Crippen LogP contribution in [-0.2, 0) is 9.59 Å². The molecule has 5 nitrogen and oxygen atoms in total. The van der Waals surface area contributed by atoms with E-state index in [0.29, 0.717) is 10.6 Å². The molecule has 3 rings (SSSR count). The largest absolute Gasteiger partial charge is 0.324 e. The number of rotatable bonds is 5. The summed E-state index contributed by atoms with van der Waals surface area (Å²) in [7, 11) is 0. The summed E-state index contributed by atoms with van der Waals surface area (Å²) >= 11 is 0.839. The van der Waals surface area contributed by atoms with Gasteiger partial charge in [0.2, 0.25) is 5.91 Å². The van der Waals surface area contributed by atoms with Gasteiger partial charge in [-0.1, -0.05) is 60.7 Å². The van der Waals surface area contributed by atoms with E-state index in [9.17, 15) is 14.4 Å². The summed E-state index contributed by atoms with van der Waals surface area (Å²) in [5.41, 5.74) is 3.55. The first kappa shape index (κ1) is 19.6. The minimum absolute atomic E-state index is 0.303. The smallest absolute Gasteiger partial charge is 0.294 e. The third kappa shape index (κ3) is 4.58. The highest BCUT2D eigenvalue weighted by molar-refractivity contribution is 8.18. The van der Waals surface area contributed by atoms with Gasteiger partial charge < -0.3 is 5.32 Å². The number of nitrogens with zero attached hydrogens (tertiary/aromatic N) is 1. The highest BCUT2D eigenvalue weighted by Gasteiger charge is 2.36. The molecule has 142 valence electrons.